The summed E-state index contributed by atoms with van der Waals surface area (Å²) in [4.78, 5) is 13.9. The fraction of sp³-hybridized carbons (Fsp3) is 0.259. The van der Waals surface area contributed by atoms with Gasteiger partial charge in [0.2, 0.25) is 0 Å². The Balaban J connectivity index is 1.91. The Morgan fingerprint density at radius 3 is 1.75 bits per heavy atom. The van der Waals surface area contributed by atoms with Crippen LogP contribution in [0.25, 0.3) is 10.8 Å². The van der Waals surface area contributed by atoms with E-state index in [0.717, 1.165) is 35.0 Å². The average Bonchev–Trinajstić information content (AvgIpc) is 2.81. The molecule has 0 amide bonds. The minimum absolute atomic E-state index is 0.0667. The number of nitrogens with zero attached hydrogens (tertiary/aromatic N) is 4. The first-order valence-electron chi connectivity index (χ1n) is 11.0. The molecule has 1 N–H and O–H groups in total. The van der Waals surface area contributed by atoms with Gasteiger partial charge < -0.3 is 15.1 Å². The maximum atomic E-state index is 4.87. The number of hydrogen-bond donors (Lipinski definition) is 1. The minimum atomic E-state index is -0.0667. The zero-order valence-electron chi connectivity index (χ0n) is 19.5. The van der Waals surface area contributed by atoms with Crippen LogP contribution in [0.2, 0.25) is 0 Å². The SMILES string of the molecule is CCNc1ccc(C(c2ccc(N(C)C)cn2)c2ccc(N(C)C)cn2)c2ccccc12. The topological polar surface area (TPSA) is 44.3 Å². The van der Waals surface area contributed by atoms with Gasteiger partial charge in [-0.3, -0.25) is 9.97 Å². The maximum Gasteiger partial charge on any atom is 0.0691 e. The van der Waals surface area contributed by atoms with Crippen molar-refractivity contribution in [3.05, 3.63) is 90.0 Å². The van der Waals surface area contributed by atoms with Crippen LogP contribution < -0.4 is 15.1 Å². The normalized spacial score (nSPS) is 11.1. The number of anilines is 3. The van der Waals surface area contributed by atoms with Gasteiger partial charge in [0.05, 0.1) is 41.1 Å². The van der Waals surface area contributed by atoms with Gasteiger partial charge >= 0.3 is 0 Å². The third-order valence-electron chi connectivity index (χ3n) is 5.80. The molecule has 2 aromatic heterocycles. The second-order valence-electron chi connectivity index (χ2n) is 8.38. The van der Waals surface area contributed by atoms with Gasteiger partial charge in [0.1, 0.15) is 0 Å². The lowest BCUT2D eigenvalue weighted by Crippen LogP contribution is -2.13. The fourth-order valence-corrected chi connectivity index (χ4v) is 4.05. The summed E-state index contributed by atoms with van der Waals surface area (Å²) in [5.41, 5.74) is 6.49. The van der Waals surface area contributed by atoms with E-state index in [1.165, 1.54) is 16.3 Å². The molecule has 0 spiro atoms. The van der Waals surface area contributed by atoms with Crippen LogP contribution in [-0.4, -0.2) is 44.7 Å². The number of hydrogen-bond acceptors (Lipinski definition) is 5. The molecule has 0 aliphatic carbocycles. The first-order chi connectivity index (χ1) is 15.5. The van der Waals surface area contributed by atoms with Crippen LogP contribution in [0.5, 0.6) is 0 Å². The van der Waals surface area contributed by atoms with Gasteiger partial charge in [0.15, 0.2) is 0 Å². The summed E-state index contributed by atoms with van der Waals surface area (Å²) in [6.45, 7) is 3.01. The van der Waals surface area contributed by atoms with Crippen molar-refractivity contribution >= 4 is 27.8 Å². The molecule has 0 atom stereocenters. The molecule has 164 valence electrons. The van der Waals surface area contributed by atoms with Gasteiger partial charge in [-0.05, 0) is 48.2 Å². The molecule has 0 aliphatic rings. The van der Waals surface area contributed by atoms with E-state index in [2.05, 4.69) is 82.7 Å². The van der Waals surface area contributed by atoms with Crippen LogP contribution in [0.15, 0.2) is 73.1 Å². The number of fused-ring (bicyclic) bond motifs is 1. The van der Waals surface area contributed by atoms with Crippen LogP contribution in [0.4, 0.5) is 17.1 Å². The van der Waals surface area contributed by atoms with Gasteiger partial charge in [-0.1, -0.05) is 30.3 Å². The van der Waals surface area contributed by atoms with Crippen molar-refractivity contribution in [2.45, 2.75) is 12.8 Å². The summed E-state index contributed by atoms with van der Waals surface area (Å²) in [7, 11) is 8.12. The second kappa shape index (κ2) is 9.27. The quantitative estimate of drug-likeness (QED) is 0.431. The molecule has 5 heteroatoms. The van der Waals surface area contributed by atoms with Gasteiger partial charge in [0.25, 0.3) is 0 Å². The van der Waals surface area contributed by atoms with E-state index in [-0.39, 0.29) is 5.92 Å². The van der Waals surface area contributed by atoms with Crippen LogP contribution in [0.3, 0.4) is 0 Å². The van der Waals surface area contributed by atoms with Gasteiger partial charge in [-0.15, -0.1) is 0 Å². The molecule has 0 bridgehead atoms. The molecule has 0 saturated carbocycles. The van der Waals surface area contributed by atoms with Crippen molar-refractivity contribution in [2.24, 2.45) is 0 Å². The lowest BCUT2D eigenvalue weighted by atomic mass is 9.87. The van der Waals surface area contributed by atoms with Crippen LogP contribution in [0, 0.1) is 0 Å². The monoisotopic (exact) mass is 425 g/mol. The highest BCUT2D eigenvalue weighted by molar-refractivity contribution is 5.97. The highest BCUT2D eigenvalue weighted by Crippen LogP contribution is 2.37. The molecule has 4 rings (SSSR count). The Morgan fingerprint density at radius 2 is 1.28 bits per heavy atom. The molecule has 5 nitrogen and oxygen atoms in total. The van der Waals surface area contributed by atoms with E-state index in [1.807, 2.05) is 40.6 Å². The Hall–Kier alpha value is -3.60. The van der Waals surface area contributed by atoms with E-state index >= 15 is 0 Å². The summed E-state index contributed by atoms with van der Waals surface area (Å²) in [6.07, 6.45) is 3.87. The average molecular weight is 426 g/mol. The highest BCUT2D eigenvalue weighted by Gasteiger charge is 2.23. The lowest BCUT2D eigenvalue weighted by molar-refractivity contribution is 0.878. The van der Waals surface area contributed by atoms with Crippen LogP contribution >= 0.6 is 0 Å². The molecule has 0 unspecified atom stereocenters. The summed E-state index contributed by atoms with van der Waals surface area (Å²) < 4.78 is 0. The Morgan fingerprint density at radius 1 is 0.719 bits per heavy atom. The number of aromatic nitrogens is 2. The first kappa shape index (κ1) is 21.6. The second-order valence-corrected chi connectivity index (χ2v) is 8.38. The summed E-state index contributed by atoms with van der Waals surface area (Å²) in [6, 6.07) is 21.4. The first-order valence-corrected chi connectivity index (χ1v) is 11.0. The largest absolute Gasteiger partial charge is 0.385 e. The summed E-state index contributed by atoms with van der Waals surface area (Å²) in [5.74, 6) is -0.0667. The molecule has 0 fully saturated rings. The van der Waals surface area contributed by atoms with E-state index in [4.69, 9.17) is 9.97 Å². The van der Waals surface area contributed by atoms with E-state index in [0.29, 0.717) is 0 Å². The molecular weight excluding hydrogens is 394 g/mol. The number of pyridine rings is 2. The van der Waals surface area contributed by atoms with Gasteiger partial charge in [0, 0.05) is 45.8 Å². The summed E-state index contributed by atoms with van der Waals surface area (Å²) in [5, 5.41) is 5.92. The van der Waals surface area contributed by atoms with Crippen molar-refractivity contribution < 1.29 is 0 Å². The van der Waals surface area contributed by atoms with Crippen LogP contribution in [-0.2, 0) is 0 Å². The van der Waals surface area contributed by atoms with Gasteiger partial charge in [-0.2, -0.15) is 0 Å². The van der Waals surface area contributed by atoms with E-state index in [9.17, 15) is 0 Å². The Kier molecular flexibility index (Phi) is 6.26. The predicted octanol–water partition coefficient (Wildman–Crippen LogP) is 5.37. The Bertz CT molecular complexity index is 1130. The molecular formula is C27H31N5. The number of nitrogens with one attached hydrogen (secondary N) is 1. The molecule has 0 radical (unpaired) electrons. The van der Waals surface area contributed by atoms with Crippen molar-refractivity contribution in [1.82, 2.24) is 9.97 Å². The zero-order valence-corrected chi connectivity index (χ0v) is 19.5. The highest BCUT2D eigenvalue weighted by atomic mass is 15.1. The lowest BCUT2D eigenvalue weighted by Gasteiger charge is -2.22. The van der Waals surface area contributed by atoms with E-state index in [1.54, 1.807) is 0 Å². The zero-order chi connectivity index (χ0) is 22.7. The molecule has 2 heterocycles. The third kappa shape index (κ3) is 4.24. The molecule has 32 heavy (non-hydrogen) atoms. The van der Waals surface area contributed by atoms with Crippen molar-refractivity contribution in [3.8, 4) is 0 Å². The standard InChI is InChI=1S/C27H31N5/c1-6-28-24-16-13-23(21-9-7-8-10-22(21)24)27(25-14-11-19(17-29-25)31(2)3)26-15-12-20(18-30-26)32(4)5/h7-18,27-28H,6H2,1-5H3. The number of benzene rings is 2. The van der Waals surface area contributed by atoms with Crippen molar-refractivity contribution in [2.75, 3.05) is 49.9 Å². The van der Waals surface area contributed by atoms with Crippen molar-refractivity contribution in [3.63, 3.8) is 0 Å². The summed E-state index contributed by atoms with van der Waals surface area (Å²) >= 11 is 0. The minimum Gasteiger partial charge on any atom is -0.385 e. The molecule has 0 aliphatic heterocycles. The number of rotatable bonds is 7. The van der Waals surface area contributed by atoms with Crippen molar-refractivity contribution in [1.29, 1.82) is 0 Å². The van der Waals surface area contributed by atoms with Gasteiger partial charge in [-0.25, -0.2) is 0 Å². The third-order valence-corrected chi connectivity index (χ3v) is 5.80. The molecule has 4 aromatic rings. The predicted molar refractivity (Wildman–Crippen MR) is 136 cm³/mol. The maximum absolute atomic E-state index is 4.87. The Labute approximate surface area is 190 Å². The fourth-order valence-electron chi connectivity index (χ4n) is 4.05. The van der Waals surface area contributed by atoms with Crippen LogP contribution in [0.1, 0.15) is 29.8 Å². The molecule has 2 aromatic carbocycles. The van der Waals surface area contributed by atoms with E-state index < -0.39 is 0 Å². The molecule has 0 saturated heterocycles. The smallest absolute Gasteiger partial charge is 0.0691 e.